The van der Waals surface area contributed by atoms with Crippen molar-refractivity contribution in [3.63, 3.8) is 0 Å². The number of hydrogen-bond donors (Lipinski definition) is 1. The fourth-order valence-corrected chi connectivity index (χ4v) is 1.70. The molecule has 2 rings (SSSR count). The lowest BCUT2D eigenvalue weighted by Crippen LogP contribution is -2.41. The Balaban J connectivity index is 2.22. The first-order chi connectivity index (χ1) is 5.97. The molecular weight excluding hydrogens is 172 g/mol. The first-order valence-electron chi connectivity index (χ1n) is 4.16. The average molecular weight is 184 g/mol. The van der Waals surface area contributed by atoms with Crippen LogP contribution in [0.25, 0.3) is 0 Å². The van der Waals surface area contributed by atoms with Gasteiger partial charge in [-0.05, 0) is 19.8 Å². The van der Waals surface area contributed by atoms with Gasteiger partial charge in [-0.2, -0.15) is 0 Å². The zero-order valence-corrected chi connectivity index (χ0v) is 7.61. The zero-order valence-electron chi connectivity index (χ0n) is 7.61. The second-order valence-electron chi connectivity index (χ2n) is 3.75. The minimum absolute atomic E-state index is 0.268. The van der Waals surface area contributed by atoms with Crippen LogP contribution in [0.1, 0.15) is 13.8 Å². The summed E-state index contributed by atoms with van der Waals surface area (Å²) >= 11 is 0. The van der Waals surface area contributed by atoms with Crippen LogP contribution in [0, 0.1) is 12.3 Å². The molecule has 13 heavy (non-hydrogen) atoms. The minimum atomic E-state index is -1.63. The first-order valence-corrected chi connectivity index (χ1v) is 4.16. The summed E-state index contributed by atoms with van der Waals surface area (Å²) in [7, 11) is 0. The highest BCUT2D eigenvalue weighted by Crippen LogP contribution is 2.39. The maximum Gasteiger partial charge on any atom is 0.261 e. The van der Waals surface area contributed by atoms with Gasteiger partial charge in [0.2, 0.25) is 0 Å². The van der Waals surface area contributed by atoms with E-state index < -0.39 is 17.7 Å². The number of ether oxygens (including phenoxy) is 3. The van der Waals surface area contributed by atoms with Crippen molar-refractivity contribution in [2.24, 2.45) is 0 Å². The molecule has 3 atom stereocenters. The fourth-order valence-electron chi connectivity index (χ4n) is 1.70. The summed E-state index contributed by atoms with van der Waals surface area (Å²) in [6.45, 7) is 3.83. The molecule has 72 valence electrons. The van der Waals surface area contributed by atoms with E-state index in [1.807, 2.05) is 0 Å². The number of terminal acetylenes is 1. The quantitative estimate of drug-likeness (QED) is 0.532. The fraction of sp³-hybridized carbons (Fsp3) is 0.778. The van der Waals surface area contributed by atoms with Gasteiger partial charge in [0.15, 0.2) is 11.9 Å². The highest BCUT2D eigenvalue weighted by atomic mass is 16.8. The van der Waals surface area contributed by atoms with Gasteiger partial charge in [-0.3, -0.25) is 0 Å². The standard InChI is InChI=1S/C9H12O4/c1-4-9(10)7-6(5-11-9)12-8(2,3)13-7/h1,6-7,10H,5H2,2-3H3/t6-,7-,9?/m1/s1. The predicted molar refractivity (Wildman–Crippen MR) is 43.6 cm³/mol. The van der Waals surface area contributed by atoms with E-state index in [1.54, 1.807) is 13.8 Å². The molecule has 0 aliphatic carbocycles. The molecule has 2 aliphatic heterocycles. The van der Waals surface area contributed by atoms with E-state index >= 15 is 0 Å². The van der Waals surface area contributed by atoms with Gasteiger partial charge in [-0.25, -0.2) is 0 Å². The third-order valence-electron chi connectivity index (χ3n) is 2.24. The van der Waals surface area contributed by atoms with Crippen molar-refractivity contribution in [3.8, 4) is 12.3 Å². The van der Waals surface area contributed by atoms with Crippen LogP contribution in [0.5, 0.6) is 0 Å². The van der Waals surface area contributed by atoms with Crippen LogP contribution in [-0.2, 0) is 14.2 Å². The average Bonchev–Trinajstić information content (AvgIpc) is 2.49. The second-order valence-corrected chi connectivity index (χ2v) is 3.75. The molecule has 4 nitrogen and oxygen atoms in total. The highest BCUT2D eigenvalue weighted by molar-refractivity contribution is 5.13. The van der Waals surface area contributed by atoms with Crippen LogP contribution in [0.3, 0.4) is 0 Å². The van der Waals surface area contributed by atoms with E-state index in [2.05, 4.69) is 5.92 Å². The molecule has 0 amide bonds. The number of fused-ring (bicyclic) bond motifs is 1. The molecule has 0 aromatic carbocycles. The Morgan fingerprint density at radius 3 is 2.77 bits per heavy atom. The Hall–Kier alpha value is -0.600. The van der Waals surface area contributed by atoms with Gasteiger partial charge in [0.05, 0.1) is 6.61 Å². The third-order valence-corrected chi connectivity index (χ3v) is 2.24. The molecule has 1 N–H and O–H groups in total. The number of hydrogen-bond acceptors (Lipinski definition) is 4. The second kappa shape index (κ2) is 2.46. The van der Waals surface area contributed by atoms with Crippen LogP contribution in [0.4, 0.5) is 0 Å². The van der Waals surface area contributed by atoms with E-state index in [-0.39, 0.29) is 12.7 Å². The van der Waals surface area contributed by atoms with Gasteiger partial charge >= 0.3 is 0 Å². The molecule has 2 aliphatic rings. The van der Waals surface area contributed by atoms with E-state index in [1.165, 1.54) is 0 Å². The van der Waals surface area contributed by atoms with Crippen LogP contribution >= 0.6 is 0 Å². The van der Waals surface area contributed by atoms with Crippen molar-refractivity contribution in [1.29, 1.82) is 0 Å². The van der Waals surface area contributed by atoms with E-state index in [4.69, 9.17) is 20.6 Å². The topological polar surface area (TPSA) is 47.9 Å². The summed E-state index contributed by atoms with van der Waals surface area (Å²) in [6.07, 6.45) is 4.31. The molecule has 2 heterocycles. The Bertz CT molecular complexity index is 267. The summed E-state index contributed by atoms with van der Waals surface area (Å²) in [6, 6.07) is 0. The largest absolute Gasteiger partial charge is 0.354 e. The molecule has 0 spiro atoms. The van der Waals surface area contributed by atoms with Crippen molar-refractivity contribution in [1.82, 2.24) is 0 Å². The monoisotopic (exact) mass is 184 g/mol. The lowest BCUT2D eigenvalue weighted by Gasteiger charge is -2.24. The van der Waals surface area contributed by atoms with Gasteiger partial charge in [0, 0.05) is 0 Å². The predicted octanol–water partition coefficient (Wildman–Crippen LogP) is -0.141. The molecule has 0 aromatic heterocycles. The van der Waals surface area contributed by atoms with Crippen LogP contribution < -0.4 is 0 Å². The Morgan fingerprint density at radius 2 is 2.15 bits per heavy atom. The summed E-state index contributed by atoms with van der Waals surface area (Å²) in [5.74, 6) is -0.139. The SMILES string of the molecule is C#CC1(O)OC[C@H]2OC(C)(C)O[C@H]21. The van der Waals surface area contributed by atoms with Crippen LogP contribution in [0.15, 0.2) is 0 Å². The summed E-state index contributed by atoms with van der Waals surface area (Å²) < 4.78 is 15.9. The molecule has 0 bridgehead atoms. The lowest BCUT2D eigenvalue weighted by atomic mass is 10.1. The lowest BCUT2D eigenvalue weighted by molar-refractivity contribution is -0.233. The summed E-state index contributed by atoms with van der Waals surface area (Å²) in [5, 5.41) is 9.74. The van der Waals surface area contributed by atoms with E-state index in [0.717, 1.165) is 0 Å². The van der Waals surface area contributed by atoms with Gasteiger partial charge in [0.1, 0.15) is 6.10 Å². The van der Waals surface area contributed by atoms with Crippen molar-refractivity contribution in [2.45, 2.75) is 37.6 Å². The summed E-state index contributed by atoms with van der Waals surface area (Å²) in [5.41, 5.74) is 0. The van der Waals surface area contributed by atoms with Crippen molar-refractivity contribution in [2.75, 3.05) is 6.61 Å². The third kappa shape index (κ3) is 1.25. The van der Waals surface area contributed by atoms with Gasteiger partial charge in [-0.1, -0.05) is 0 Å². The Labute approximate surface area is 76.8 Å². The van der Waals surface area contributed by atoms with Crippen LogP contribution in [0.2, 0.25) is 0 Å². The molecule has 1 unspecified atom stereocenters. The number of aliphatic hydroxyl groups is 1. The van der Waals surface area contributed by atoms with Crippen LogP contribution in [-0.4, -0.2) is 35.5 Å². The van der Waals surface area contributed by atoms with E-state index in [9.17, 15) is 5.11 Å². The van der Waals surface area contributed by atoms with Gasteiger partial charge in [0.25, 0.3) is 5.79 Å². The van der Waals surface area contributed by atoms with Gasteiger partial charge in [-0.15, -0.1) is 6.42 Å². The maximum atomic E-state index is 9.74. The zero-order chi connectivity index (χ0) is 9.69. The minimum Gasteiger partial charge on any atom is -0.354 e. The molecule has 0 radical (unpaired) electrons. The maximum absolute atomic E-state index is 9.74. The highest BCUT2D eigenvalue weighted by Gasteiger charge is 2.57. The van der Waals surface area contributed by atoms with E-state index in [0.29, 0.717) is 0 Å². The van der Waals surface area contributed by atoms with Gasteiger partial charge < -0.3 is 19.3 Å². The van der Waals surface area contributed by atoms with Crippen molar-refractivity contribution >= 4 is 0 Å². The number of rotatable bonds is 0. The molecule has 0 aromatic rings. The molecule has 0 saturated carbocycles. The van der Waals surface area contributed by atoms with Crippen molar-refractivity contribution in [3.05, 3.63) is 0 Å². The Kier molecular flexibility index (Phi) is 1.70. The first kappa shape index (κ1) is 8.97. The van der Waals surface area contributed by atoms with Crippen molar-refractivity contribution < 1.29 is 19.3 Å². The molecule has 4 heteroatoms. The summed E-state index contributed by atoms with van der Waals surface area (Å²) in [4.78, 5) is 0. The smallest absolute Gasteiger partial charge is 0.261 e. The molecule has 2 fully saturated rings. The Morgan fingerprint density at radius 1 is 1.46 bits per heavy atom. The normalized spacial score (nSPS) is 47.2. The molecular formula is C9H12O4. The molecule has 2 saturated heterocycles.